The molecule has 86 heavy (non-hydrogen) atoms. The Labute approximate surface area is 497 Å². The number of nitrogens with two attached hydrogens (primary N) is 1. The molecule has 0 saturated heterocycles. The smallest absolute Gasteiger partial charge is 0.338 e. The number of aromatic carboxylic acids is 1. The molecule has 460 valence electrons. The first-order chi connectivity index (χ1) is 41.2. The second-order valence-corrected chi connectivity index (χ2v) is 20.7. The van der Waals surface area contributed by atoms with Crippen molar-refractivity contribution in [1.29, 1.82) is 0 Å². The number of hydrogen-bond donors (Lipinski definition) is 10. The number of aromatic nitrogens is 1. The predicted octanol–water partition coefficient (Wildman–Crippen LogP) is 3.76. The lowest BCUT2D eigenvalue weighted by atomic mass is 9.95. The molecule has 2 aliphatic rings. The van der Waals surface area contributed by atoms with Crippen molar-refractivity contribution in [3.8, 4) is 5.75 Å². The predicted molar refractivity (Wildman–Crippen MR) is 313 cm³/mol. The van der Waals surface area contributed by atoms with Gasteiger partial charge in [0, 0.05) is 102 Å². The fourth-order valence-electron chi connectivity index (χ4n) is 9.59. The summed E-state index contributed by atoms with van der Waals surface area (Å²) in [5.74, 6) is -6.22. The van der Waals surface area contributed by atoms with Gasteiger partial charge in [0.2, 0.25) is 23.6 Å². The van der Waals surface area contributed by atoms with E-state index in [4.69, 9.17) is 40.7 Å². The van der Waals surface area contributed by atoms with Crippen molar-refractivity contribution < 1.29 is 81.5 Å². The van der Waals surface area contributed by atoms with E-state index in [1.165, 1.54) is 41.3 Å². The third kappa shape index (κ3) is 17.1. The molecule has 0 saturated carbocycles. The Kier molecular flexibility index (Phi) is 23.1. The summed E-state index contributed by atoms with van der Waals surface area (Å²) >= 11 is 6.37. The van der Waals surface area contributed by atoms with Crippen LogP contribution >= 0.6 is 11.6 Å². The van der Waals surface area contributed by atoms with E-state index in [-0.39, 0.29) is 137 Å². The number of carbonyl (C=O) groups is 10. The van der Waals surface area contributed by atoms with Gasteiger partial charge >= 0.3 is 12.0 Å². The Morgan fingerprint density at radius 3 is 2.07 bits per heavy atom. The van der Waals surface area contributed by atoms with Crippen LogP contribution in [0.5, 0.6) is 5.75 Å². The van der Waals surface area contributed by atoms with Crippen LogP contribution in [0, 0.1) is 12.8 Å². The van der Waals surface area contributed by atoms with Crippen molar-refractivity contribution >= 4 is 110 Å². The molecule has 0 spiro atoms. The highest BCUT2D eigenvalue weighted by Gasteiger charge is 2.39. The van der Waals surface area contributed by atoms with E-state index in [1.54, 1.807) is 39.0 Å². The second kappa shape index (κ2) is 30.8. The number of primary amides is 1. The fraction of sp³-hybridized carbons (Fsp3) is 0.414. The first-order valence-corrected chi connectivity index (χ1v) is 28.3. The Morgan fingerprint density at radius 1 is 0.779 bits per heavy atom. The largest absolute Gasteiger partial charge is 0.506 e. The van der Waals surface area contributed by atoms with Crippen molar-refractivity contribution in [1.82, 2.24) is 31.2 Å². The summed E-state index contributed by atoms with van der Waals surface area (Å²) in [6.07, 6.45) is 2.56. The number of aromatic amines is 1. The Morgan fingerprint density at radius 2 is 1.43 bits per heavy atom. The number of ether oxygens (including phenoxy) is 4. The van der Waals surface area contributed by atoms with Gasteiger partial charge in [0.05, 0.1) is 69.6 Å². The number of carboxylic acid groups (broad SMARTS) is 1. The zero-order valence-corrected chi connectivity index (χ0v) is 48.3. The number of imide groups is 1. The molecule has 5 aromatic rings. The number of nitrogens with zero attached hydrogens (tertiary/aromatic N) is 2. The Hall–Kier alpha value is -8.89. The van der Waals surface area contributed by atoms with Gasteiger partial charge in [-0.05, 0) is 79.8 Å². The molecule has 0 bridgehead atoms. The number of carbonyl (C=O) groups excluding carboxylic acids is 9. The van der Waals surface area contributed by atoms with Crippen LogP contribution in [0.3, 0.4) is 0 Å². The Balaban J connectivity index is 0.824. The molecule has 0 fully saturated rings. The quantitative estimate of drug-likeness (QED) is 0.0162. The number of rotatable bonds is 33. The van der Waals surface area contributed by atoms with Gasteiger partial charge in [-0.25, -0.2) is 9.59 Å². The monoisotopic (exact) mass is 1210 g/mol. The van der Waals surface area contributed by atoms with Gasteiger partial charge in [0.15, 0.2) is 5.76 Å². The van der Waals surface area contributed by atoms with Crippen LogP contribution in [0.4, 0.5) is 21.9 Å². The number of hydrogen-bond acceptors (Lipinski definition) is 16. The topological polar surface area (TPSA) is 382 Å². The molecule has 4 heterocycles. The third-order valence-electron chi connectivity index (χ3n) is 13.9. The van der Waals surface area contributed by atoms with E-state index in [0.29, 0.717) is 52.5 Å². The molecule has 2 aromatic heterocycles. The van der Waals surface area contributed by atoms with E-state index in [1.807, 2.05) is 0 Å². The molecule has 0 unspecified atom stereocenters. The normalized spacial score (nSPS) is 14.4. The number of H-pyrrole nitrogens is 1. The van der Waals surface area contributed by atoms with E-state index in [9.17, 15) is 58.2 Å². The van der Waals surface area contributed by atoms with Crippen molar-refractivity contribution in [2.75, 3.05) is 100 Å². The number of alkyl halides is 1. The zero-order chi connectivity index (χ0) is 62.0. The first kappa shape index (κ1) is 64.7. The summed E-state index contributed by atoms with van der Waals surface area (Å²) in [5, 5.41) is 37.8. The van der Waals surface area contributed by atoms with Gasteiger partial charge in [0.25, 0.3) is 23.6 Å². The van der Waals surface area contributed by atoms with Gasteiger partial charge in [-0.2, -0.15) is 0 Å². The minimum absolute atomic E-state index is 0.00465. The van der Waals surface area contributed by atoms with Crippen LogP contribution in [-0.2, 0) is 47.7 Å². The highest BCUT2D eigenvalue weighted by molar-refractivity contribution is 6.20. The van der Waals surface area contributed by atoms with Crippen molar-refractivity contribution in [2.45, 2.75) is 64.5 Å². The van der Waals surface area contributed by atoms with Gasteiger partial charge < -0.3 is 81.1 Å². The number of carboxylic acids is 1. The maximum absolute atomic E-state index is 14.1. The van der Waals surface area contributed by atoms with E-state index >= 15 is 0 Å². The maximum atomic E-state index is 14.1. The molecule has 27 nitrogen and oxygen atoms in total. The molecule has 3 aromatic carbocycles. The number of halogens is 1. The molecular weight excluding hydrogens is 1140 g/mol. The SMILES string of the molecule is Cc1[nH]c2c(O)cc3c(c2c1C(=O)O)[C@H](CCl)CN3C(=O)c1cc2cc(NC(=O)c3ccc(NC(=O)[C@H](CCCNC(N)=O)NC(=O)[C@@H](NC(=O)CCOCCOCCOCCOCCNC(=O)CCN4C(=O)C=CC4=O)C(C)C)cc3)ccc2o1. The number of amides is 10. The van der Waals surface area contributed by atoms with Gasteiger partial charge in [0.1, 0.15) is 23.4 Å². The molecular formula is C58H69ClN10O17. The lowest BCUT2D eigenvalue weighted by molar-refractivity contribution is -0.137. The molecule has 0 aliphatic carbocycles. The van der Waals surface area contributed by atoms with Gasteiger partial charge in [-0.3, -0.25) is 43.3 Å². The summed E-state index contributed by atoms with van der Waals surface area (Å²) in [7, 11) is 0. The van der Waals surface area contributed by atoms with E-state index in [2.05, 4.69) is 36.9 Å². The zero-order valence-electron chi connectivity index (χ0n) is 47.5. The maximum Gasteiger partial charge on any atom is 0.338 e. The van der Waals surface area contributed by atoms with Crippen molar-refractivity contribution in [2.24, 2.45) is 11.7 Å². The number of benzene rings is 3. The summed E-state index contributed by atoms with van der Waals surface area (Å²) in [4.78, 5) is 132. The van der Waals surface area contributed by atoms with Crippen LogP contribution in [0.25, 0.3) is 21.9 Å². The summed E-state index contributed by atoms with van der Waals surface area (Å²) in [6, 6.07) is 10.7. The summed E-state index contributed by atoms with van der Waals surface area (Å²) in [6.45, 7) is 7.37. The highest BCUT2D eigenvalue weighted by atomic mass is 35.5. The van der Waals surface area contributed by atoms with Crippen LogP contribution in [0.2, 0.25) is 0 Å². The van der Waals surface area contributed by atoms with E-state index in [0.717, 1.165) is 17.1 Å². The Bertz CT molecular complexity index is 3340. The minimum atomic E-state index is -1.20. The second-order valence-electron chi connectivity index (χ2n) is 20.4. The molecule has 0 radical (unpaired) electrons. The standard InChI is InChI=1S/C58H69ClN10O17/c1-32(2)51(67-45(72)15-19-82-21-23-84-25-26-85-24-22-83-20-17-61-44(71)14-18-68-46(73)12-13-47(68)74)55(77)66-39(5-4-16-62-58(60)81)54(76)64-37-8-6-34(7-9-37)53(75)65-38-10-11-42-35(27-38)28-43(86-42)56(78)69-31-36(30-59)49-40(69)29-41(70)52-50(49)48(57(79)80)33(3)63-52/h6-13,27-29,32,36,39,51,63,70H,4-5,14-26,30-31H2,1-3H3,(H,61,71)(H,64,76)(H,65,75)(H,66,77)(H,67,72)(H,79,80)(H3,60,62,81)/t36-,39+,51+/m1/s1. The van der Waals surface area contributed by atoms with Crippen LogP contribution in [-0.4, -0.2) is 176 Å². The van der Waals surface area contributed by atoms with Crippen molar-refractivity contribution in [3.05, 3.63) is 94.9 Å². The van der Waals surface area contributed by atoms with E-state index < -0.39 is 77.3 Å². The lowest BCUT2D eigenvalue weighted by Crippen LogP contribution is -2.54. The van der Waals surface area contributed by atoms with Gasteiger partial charge in [-0.15, -0.1) is 11.6 Å². The summed E-state index contributed by atoms with van der Waals surface area (Å²) in [5.41, 5.74) is 7.81. The third-order valence-corrected chi connectivity index (χ3v) is 14.3. The molecule has 7 rings (SSSR count). The van der Waals surface area contributed by atoms with Crippen LogP contribution < -0.4 is 42.5 Å². The van der Waals surface area contributed by atoms with Gasteiger partial charge in [-0.1, -0.05) is 13.8 Å². The fourth-order valence-corrected chi connectivity index (χ4v) is 9.85. The lowest BCUT2D eigenvalue weighted by Gasteiger charge is -2.25. The average molecular weight is 1210 g/mol. The molecule has 28 heteroatoms. The van der Waals surface area contributed by atoms with Crippen molar-refractivity contribution in [3.63, 3.8) is 0 Å². The number of aromatic hydroxyl groups is 1. The molecule has 3 atom stereocenters. The number of fused-ring (bicyclic) bond motifs is 4. The molecule has 11 N–H and O–H groups in total. The van der Waals surface area contributed by atoms with Crippen LogP contribution in [0.1, 0.15) is 88.0 Å². The highest BCUT2D eigenvalue weighted by Crippen LogP contribution is 2.47. The summed E-state index contributed by atoms with van der Waals surface area (Å²) < 4.78 is 27.9. The average Bonchev–Trinajstić information content (AvgIpc) is 1.78. The first-order valence-electron chi connectivity index (χ1n) is 27.7. The molecule has 10 amide bonds. The number of phenolic OH excluding ortho intramolecular Hbond substituents is 1. The number of aryl methyl sites for hydroxylation is 1. The minimum Gasteiger partial charge on any atom is -0.506 e. The number of nitrogens with one attached hydrogen (secondary N) is 7. The number of phenols is 1. The number of urea groups is 1. The number of anilines is 3. The number of furan rings is 1. The van der Waals surface area contributed by atoms with Crippen LogP contribution in [0.15, 0.2) is 71.2 Å². The molecule has 2 aliphatic heterocycles.